The molecule has 0 unspecified atom stereocenters. The molecular weight excluding hydrogens is 1010 g/mol. The maximum atomic E-state index is 6.65. The molecule has 12 rings (SSSR count). The van der Waals surface area contributed by atoms with Crippen LogP contribution >= 0.6 is 0 Å². The minimum absolute atomic E-state index is 0. The third-order valence-electron chi connectivity index (χ3n) is 14.8. The number of ether oxygens (including phenoxy) is 1. The van der Waals surface area contributed by atoms with Gasteiger partial charge in [0, 0.05) is 44.3 Å². The summed E-state index contributed by atoms with van der Waals surface area (Å²) in [5.41, 5.74) is 16.8. The molecule has 10 aromatic rings. The van der Waals surface area contributed by atoms with E-state index in [0.29, 0.717) is 11.5 Å². The van der Waals surface area contributed by atoms with Crippen LogP contribution in [-0.4, -0.2) is 14.1 Å². The van der Waals surface area contributed by atoms with Crippen molar-refractivity contribution in [1.29, 1.82) is 0 Å². The summed E-state index contributed by atoms with van der Waals surface area (Å²) in [5, 5.41) is 2.23. The Bertz CT molecular complexity index is 3530. The standard InChI is InChI=1S/C62H54N4O.Pt/c1-59(2)37-61(5,6)51-33-40(26-30-49(51)59)45-20-16-21-46(41-27-31-50-52(34-41)62(7,8)38-60(50,3)4)58(45)65-39-64(54-23-11-12-24-55(54)65)42-17-15-18-43(35-42)67-44-28-29-48-47-19-9-10-22-53(47)66(56(48)36-44)57-25-13-14-32-63-57;/h9-34H,37-38H2,1-8H3;/q-2;. The van der Waals surface area contributed by atoms with Gasteiger partial charge in [0.2, 0.25) is 0 Å². The fraction of sp³-hybridized carbons (Fsp3) is 0.226. The monoisotopic (exact) mass is 1070 g/mol. The zero-order chi connectivity index (χ0) is 46.0. The molecule has 0 saturated heterocycles. The summed E-state index contributed by atoms with van der Waals surface area (Å²) in [6, 6.07) is 61.6. The van der Waals surface area contributed by atoms with E-state index in [0.717, 1.165) is 62.9 Å². The van der Waals surface area contributed by atoms with Gasteiger partial charge in [-0.25, -0.2) is 4.98 Å². The molecule has 2 aliphatic rings. The van der Waals surface area contributed by atoms with E-state index in [2.05, 4.69) is 203 Å². The Morgan fingerprint density at radius 2 is 1.12 bits per heavy atom. The molecule has 2 aliphatic carbocycles. The Morgan fingerprint density at radius 1 is 0.529 bits per heavy atom. The van der Waals surface area contributed by atoms with Gasteiger partial charge in [0.1, 0.15) is 5.82 Å². The Balaban J connectivity index is 0.00000507. The Labute approximate surface area is 414 Å². The van der Waals surface area contributed by atoms with Gasteiger partial charge in [-0.3, -0.25) is 4.57 Å². The molecule has 68 heavy (non-hydrogen) atoms. The molecule has 0 aliphatic heterocycles. The maximum absolute atomic E-state index is 6.65. The van der Waals surface area contributed by atoms with Crippen LogP contribution in [-0.2, 0) is 42.7 Å². The Kier molecular flexibility index (Phi) is 10.2. The quantitative estimate of drug-likeness (QED) is 0.118. The first kappa shape index (κ1) is 44.0. The zero-order valence-electron chi connectivity index (χ0n) is 39.9. The number of imidazole rings is 1. The van der Waals surface area contributed by atoms with Crippen molar-refractivity contribution in [1.82, 2.24) is 14.1 Å². The summed E-state index contributed by atoms with van der Waals surface area (Å²) in [6.07, 6.45) is 7.95. The first-order chi connectivity index (χ1) is 32.2. The summed E-state index contributed by atoms with van der Waals surface area (Å²) in [7, 11) is 0. The smallest absolute Gasteiger partial charge is 0.268 e. The number of hydrogen-bond donors (Lipinski definition) is 0. The van der Waals surface area contributed by atoms with Crippen molar-refractivity contribution in [2.75, 3.05) is 0 Å². The second-order valence-corrected chi connectivity index (χ2v) is 21.5. The van der Waals surface area contributed by atoms with Crippen LogP contribution in [0.15, 0.2) is 158 Å². The van der Waals surface area contributed by atoms with Gasteiger partial charge in [-0.15, -0.1) is 29.7 Å². The van der Waals surface area contributed by atoms with Crippen LogP contribution in [0.25, 0.3) is 72.3 Å². The van der Waals surface area contributed by atoms with Gasteiger partial charge in [0.25, 0.3) is 6.33 Å². The van der Waals surface area contributed by atoms with Gasteiger partial charge in [-0.05, 0) is 108 Å². The third-order valence-corrected chi connectivity index (χ3v) is 14.8. The fourth-order valence-electron chi connectivity index (χ4n) is 12.4. The van der Waals surface area contributed by atoms with E-state index in [-0.39, 0.29) is 42.7 Å². The topological polar surface area (TPSA) is 35.9 Å². The zero-order valence-corrected chi connectivity index (χ0v) is 42.2. The molecule has 340 valence electrons. The van der Waals surface area contributed by atoms with Crippen molar-refractivity contribution < 1.29 is 30.4 Å². The van der Waals surface area contributed by atoms with Gasteiger partial charge < -0.3 is 13.9 Å². The minimum Gasteiger partial charge on any atom is -0.510 e. The van der Waals surface area contributed by atoms with Gasteiger partial charge in [0.05, 0.1) is 16.7 Å². The molecular formula is C62H54N4OPt-2. The molecule has 0 bridgehead atoms. The normalized spacial score (nSPS) is 16.2. The molecule has 0 atom stereocenters. The van der Waals surface area contributed by atoms with Crippen LogP contribution in [0.1, 0.15) is 90.5 Å². The first-order valence-electron chi connectivity index (χ1n) is 23.6. The van der Waals surface area contributed by atoms with Gasteiger partial charge in [-0.1, -0.05) is 164 Å². The number of pyridine rings is 1. The predicted octanol–water partition coefficient (Wildman–Crippen LogP) is 14.8. The molecule has 0 N–H and O–H groups in total. The van der Waals surface area contributed by atoms with Crippen LogP contribution < -0.4 is 9.30 Å². The van der Waals surface area contributed by atoms with Crippen molar-refractivity contribution in [3.05, 3.63) is 199 Å². The molecule has 5 nitrogen and oxygen atoms in total. The third kappa shape index (κ3) is 6.99. The molecule has 0 radical (unpaired) electrons. The van der Waals surface area contributed by atoms with Gasteiger partial charge >= 0.3 is 0 Å². The molecule has 7 aromatic carbocycles. The number of fused-ring (bicyclic) bond motifs is 6. The van der Waals surface area contributed by atoms with Crippen molar-refractivity contribution >= 4 is 32.8 Å². The number of para-hydroxylation sites is 4. The average Bonchev–Trinajstić information content (AvgIpc) is 3.97. The Hall–Kier alpha value is -6.55. The number of aromatic nitrogens is 4. The molecule has 0 amide bonds. The van der Waals surface area contributed by atoms with E-state index in [4.69, 9.17) is 9.72 Å². The van der Waals surface area contributed by atoms with E-state index in [1.54, 1.807) is 0 Å². The SMILES string of the molecule is CC1(C)CC(C)(C)c2cc(-c3cccc(-c4ccc5c(c4)C(C)(C)CC5(C)C)c3-[n+]3[c-]n(-c4[c-]c(Oc5[c-]c6c(cc5)c5ccccc5n6-c5ccccn5)ccc4)c4ccccc43)ccc21.[Pt]. The number of nitrogens with zero attached hydrogens (tertiary/aromatic N) is 4. The van der Waals surface area contributed by atoms with Crippen LogP contribution in [0.3, 0.4) is 0 Å². The largest absolute Gasteiger partial charge is 0.510 e. The van der Waals surface area contributed by atoms with Crippen molar-refractivity contribution in [3.63, 3.8) is 0 Å². The fourth-order valence-corrected chi connectivity index (χ4v) is 12.4. The minimum atomic E-state index is 0. The summed E-state index contributed by atoms with van der Waals surface area (Å²) >= 11 is 0. The average molecular weight is 1070 g/mol. The maximum Gasteiger partial charge on any atom is 0.268 e. The van der Waals surface area contributed by atoms with E-state index < -0.39 is 0 Å². The Morgan fingerprint density at radius 3 is 1.78 bits per heavy atom. The number of hydrogen-bond acceptors (Lipinski definition) is 2. The summed E-state index contributed by atoms with van der Waals surface area (Å²) < 4.78 is 13.2. The molecule has 0 spiro atoms. The van der Waals surface area contributed by atoms with E-state index in [9.17, 15) is 0 Å². The summed E-state index contributed by atoms with van der Waals surface area (Å²) in [4.78, 5) is 4.71. The van der Waals surface area contributed by atoms with Crippen molar-refractivity contribution in [2.45, 2.75) is 89.9 Å². The van der Waals surface area contributed by atoms with Crippen LogP contribution in [0.5, 0.6) is 11.5 Å². The molecule has 0 saturated carbocycles. The second-order valence-electron chi connectivity index (χ2n) is 21.5. The summed E-state index contributed by atoms with van der Waals surface area (Å²) in [5.74, 6) is 2.01. The molecule has 6 heteroatoms. The first-order valence-corrected chi connectivity index (χ1v) is 23.6. The number of rotatable bonds is 7. The van der Waals surface area contributed by atoms with E-state index >= 15 is 0 Å². The second kappa shape index (κ2) is 15.8. The van der Waals surface area contributed by atoms with Crippen molar-refractivity contribution in [2.24, 2.45) is 0 Å². The molecule has 3 heterocycles. The van der Waals surface area contributed by atoms with Crippen LogP contribution in [0.2, 0.25) is 0 Å². The number of benzene rings is 7. The van der Waals surface area contributed by atoms with Gasteiger partial charge in [-0.2, -0.15) is 18.2 Å². The van der Waals surface area contributed by atoms with Crippen LogP contribution in [0, 0.1) is 18.5 Å². The van der Waals surface area contributed by atoms with E-state index in [1.165, 1.54) is 44.5 Å². The predicted molar refractivity (Wildman–Crippen MR) is 272 cm³/mol. The van der Waals surface area contributed by atoms with Gasteiger partial charge in [0.15, 0.2) is 0 Å². The molecule has 0 fully saturated rings. The van der Waals surface area contributed by atoms with E-state index in [1.807, 2.05) is 42.6 Å². The summed E-state index contributed by atoms with van der Waals surface area (Å²) in [6.45, 7) is 19.2. The van der Waals surface area contributed by atoms with Crippen LogP contribution in [0.4, 0.5) is 0 Å². The molecule has 3 aromatic heterocycles. The van der Waals surface area contributed by atoms with Crippen molar-refractivity contribution in [3.8, 4) is 50.9 Å².